The first-order chi connectivity index (χ1) is 40.8. The summed E-state index contributed by atoms with van der Waals surface area (Å²) in [5.41, 5.74) is 2.76. The molecule has 3 aromatic carbocycles. The monoisotopic (exact) mass is 1240 g/mol. The lowest BCUT2D eigenvalue weighted by molar-refractivity contribution is -0.144. The number of aliphatic hydroxyl groups excluding tert-OH is 1. The summed E-state index contributed by atoms with van der Waals surface area (Å²) in [5, 5.41) is 30.2. The van der Waals surface area contributed by atoms with E-state index in [1.165, 1.54) is 28.0 Å². The Hall–Kier alpha value is -6.67. The average Bonchev–Trinajstić information content (AvgIpc) is 0.987. The molecule has 86 heavy (non-hydrogen) atoms. The largest absolute Gasteiger partial charge is 0.507 e. The summed E-state index contributed by atoms with van der Waals surface area (Å²) in [6, 6.07) is 10.6. The smallest absolute Gasteiger partial charge is 0.410 e. The molecular weight excluding hydrogens is 1160 g/mol. The van der Waals surface area contributed by atoms with Gasteiger partial charge in [-0.05, 0) is 82.2 Å². The number of aromatic hydroxyl groups is 1. The van der Waals surface area contributed by atoms with E-state index in [-0.39, 0.29) is 125 Å². The molecule has 5 N–H and O–H groups in total. The number of fused-ring (bicyclic) bond motifs is 1. The fourth-order valence-corrected chi connectivity index (χ4v) is 11.2. The number of thiazole rings is 1. The number of rotatable bonds is 26. The second-order valence-electron chi connectivity index (χ2n) is 23.5. The van der Waals surface area contributed by atoms with Crippen molar-refractivity contribution in [3.63, 3.8) is 0 Å². The topological polar surface area (TPSA) is 256 Å². The molecular formula is C61H80ClF2N9O12S. The first-order valence-corrected chi connectivity index (χ1v) is 30.1. The summed E-state index contributed by atoms with van der Waals surface area (Å²) in [4.78, 5) is 85.9. The standard InChI is InChI=1S/C61H80ClF2N9O12S/c1-36(38-13-15-40(16-14-38)54-37(2)66-35-86-54)67-56(78)45-31-41(74)33-73(45)57(79)55(60(3,4)5)68-47(76)34-84-30-29-83-28-27-82-26-25-81-24-23-71(9)48(77)17-20-65-58-69-52(39-18-21-72(22-19-39)59(80)85-61(6,7)8)42-32-43(62)49(51(64)53(42)70-58)50-44(63)11-10-12-46(50)75/h10-16,32,35-36,39,41,45,55,74-75H,17-31,33-34H2,1-9H3,(H,67,78)(H,68,76)(H,65,69,70)/t36-,41+,45-,55+/m0/s1. The zero-order chi connectivity index (χ0) is 62.5. The van der Waals surface area contributed by atoms with Crippen LogP contribution >= 0.6 is 22.9 Å². The van der Waals surface area contributed by atoms with E-state index in [2.05, 4.69) is 25.9 Å². The summed E-state index contributed by atoms with van der Waals surface area (Å²) in [6.07, 6.45) is -0.330. The number of β-amino-alcohol motifs (C(OH)–C–C–N with tert-alkyl or cyclic N) is 1. The number of likely N-dealkylation sites (tertiary alicyclic amines) is 2. The van der Waals surface area contributed by atoms with Crippen molar-refractivity contribution in [2.45, 2.75) is 117 Å². The van der Waals surface area contributed by atoms with Crippen molar-refractivity contribution in [3.05, 3.63) is 87.6 Å². The molecule has 5 amide bonds. The number of hydrogen-bond donors (Lipinski definition) is 5. The molecule has 2 aromatic heterocycles. The Morgan fingerprint density at radius 1 is 0.884 bits per heavy atom. The summed E-state index contributed by atoms with van der Waals surface area (Å²) in [6.45, 7) is 16.8. The van der Waals surface area contributed by atoms with E-state index in [1.54, 1.807) is 70.3 Å². The number of anilines is 1. The van der Waals surface area contributed by atoms with Gasteiger partial charge in [0, 0.05) is 69.5 Å². The number of nitrogens with zero attached hydrogens (tertiary/aromatic N) is 6. The van der Waals surface area contributed by atoms with Crippen molar-refractivity contribution in [2.75, 3.05) is 97.9 Å². The van der Waals surface area contributed by atoms with Gasteiger partial charge < -0.3 is 64.5 Å². The Bertz CT molecular complexity index is 3130. The van der Waals surface area contributed by atoms with Crippen LogP contribution in [0.1, 0.15) is 103 Å². The van der Waals surface area contributed by atoms with Crippen LogP contribution in [0.2, 0.25) is 5.02 Å². The van der Waals surface area contributed by atoms with Gasteiger partial charge in [0.15, 0.2) is 5.82 Å². The molecule has 5 aromatic rings. The van der Waals surface area contributed by atoms with Gasteiger partial charge in [-0.2, -0.15) is 0 Å². The molecule has 0 spiro atoms. The fourth-order valence-electron chi connectivity index (χ4n) is 10.1. The van der Waals surface area contributed by atoms with Crippen LogP contribution in [-0.2, 0) is 42.9 Å². The summed E-state index contributed by atoms with van der Waals surface area (Å²) in [5.74, 6) is -4.19. The van der Waals surface area contributed by atoms with Gasteiger partial charge >= 0.3 is 6.09 Å². The number of aromatic nitrogens is 3. The number of piperidine rings is 1. The number of ether oxygens (including phenoxy) is 5. The van der Waals surface area contributed by atoms with Crippen molar-refractivity contribution < 1.29 is 66.7 Å². The van der Waals surface area contributed by atoms with E-state index in [0.29, 0.717) is 37.0 Å². The van der Waals surface area contributed by atoms with Gasteiger partial charge in [0.05, 0.1) is 90.8 Å². The van der Waals surface area contributed by atoms with Crippen molar-refractivity contribution in [3.8, 4) is 27.3 Å². The van der Waals surface area contributed by atoms with E-state index in [0.717, 1.165) is 27.8 Å². The fraction of sp³-hybridized carbons (Fsp3) is 0.541. The van der Waals surface area contributed by atoms with Crippen molar-refractivity contribution >= 4 is 69.5 Å². The first kappa shape index (κ1) is 66.8. The Balaban J connectivity index is 0.778. The van der Waals surface area contributed by atoms with Gasteiger partial charge in [-0.1, -0.05) is 62.7 Å². The lowest BCUT2D eigenvalue weighted by Gasteiger charge is -2.35. The lowest BCUT2D eigenvalue weighted by Crippen LogP contribution is -2.58. The van der Waals surface area contributed by atoms with Crippen LogP contribution < -0.4 is 16.0 Å². The normalized spacial score (nSPS) is 16.5. The van der Waals surface area contributed by atoms with Gasteiger partial charge in [0.2, 0.25) is 29.6 Å². The number of likely N-dealkylation sites (N-methyl/N-ethyl adjacent to an activating group) is 1. The van der Waals surface area contributed by atoms with Gasteiger partial charge in [-0.15, -0.1) is 11.3 Å². The molecule has 0 unspecified atom stereocenters. The third-order valence-electron chi connectivity index (χ3n) is 14.7. The maximum absolute atomic E-state index is 16.6. The molecule has 0 aliphatic carbocycles. The summed E-state index contributed by atoms with van der Waals surface area (Å²) >= 11 is 8.19. The number of nitrogens with one attached hydrogen (secondary N) is 3. The third-order valence-corrected chi connectivity index (χ3v) is 16.0. The predicted molar refractivity (Wildman–Crippen MR) is 322 cm³/mol. The molecule has 4 heterocycles. The molecule has 2 fully saturated rings. The van der Waals surface area contributed by atoms with Gasteiger partial charge in [0.25, 0.3) is 0 Å². The highest BCUT2D eigenvalue weighted by Crippen LogP contribution is 2.43. The number of aryl methyl sites for hydroxylation is 1. The summed E-state index contributed by atoms with van der Waals surface area (Å²) in [7, 11) is 1.64. The molecule has 25 heteroatoms. The minimum absolute atomic E-state index is 0.0260. The van der Waals surface area contributed by atoms with E-state index in [1.807, 2.05) is 38.1 Å². The minimum Gasteiger partial charge on any atom is -0.507 e. The molecule has 0 bridgehead atoms. The van der Waals surface area contributed by atoms with E-state index < -0.39 is 76.0 Å². The highest BCUT2D eigenvalue weighted by molar-refractivity contribution is 7.13. The van der Waals surface area contributed by atoms with Gasteiger partial charge in [0.1, 0.15) is 41.4 Å². The maximum atomic E-state index is 16.6. The molecule has 2 aliphatic rings. The van der Waals surface area contributed by atoms with Gasteiger partial charge in [-0.3, -0.25) is 19.2 Å². The van der Waals surface area contributed by atoms with Crippen LogP contribution in [0.15, 0.2) is 54.0 Å². The average molecular weight is 1240 g/mol. The van der Waals surface area contributed by atoms with Crippen LogP contribution in [0.3, 0.4) is 0 Å². The number of halogens is 3. The molecule has 0 radical (unpaired) electrons. The van der Waals surface area contributed by atoms with Gasteiger partial charge in [-0.25, -0.2) is 28.5 Å². The van der Waals surface area contributed by atoms with Crippen LogP contribution in [0.5, 0.6) is 5.75 Å². The van der Waals surface area contributed by atoms with Crippen LogP contribution in [0.4, 0.5) is 19.5 Å². The zero-order valence-corrected chi connectivity index (χ0v) is 51.9. The second-order valence-corrected chi connectivity index (χ2v) is 24.8. The Labute approximate surface area is 509 Å². The molecule has 7 rings (SSSR count). The number of amides is 5. The maximum Gasteiger partial charge on any atom is 0.410 e. The third kappa shape index (κ3) is 18.0. The molecule has 21 nitrogen and oxygen atoms in total. The highest BCUT2D eigenvalue weighted by Gasteiger charge is 2.45. The Morgan fingerprint density at radius 3 is 2.15 bits per heavy atom. The lowest BCUT2D eigenvalue weighted by atomic mass is 9.85. The number of benzene rings is 3. The van der Waals surface area contributed by atoms with Crippen molar-refractivity contribution in [2.24, 2.45) is 5.41 Å². The van der Waals surface area contributed by atoms with Crippen LogP contribution in [0.25, 0.3) is 32.5 Å². The molecule has 2 saturated heterocycles. The second kappa shape index (κ2) is 30.3. The van der Waals surface area contributed by atoms with E-state index >= 15 is 8.78 Å². The number of carbonyl (C=O) groups is 5. The zero-order valence-electron chi connectivity index (χ0n) is 50.3. The number of phenols is 1. The molecule has 2 aliphatic heterocycles. The first-order valence-electron chi connectivity index (χ1n) is 28.8. The molecule has 468 valence electrons. The minimum atomic E-state index is -1.01. The molecule has 4 atom stereocenters. The number of aliphatic hydroxyl groups is 1. The quantitative estimate of drug-likeness (QED) is 0.0327. The summed E-state index contributed by atoms with van der Waals surface area (Å²) < 4.78 is 59.7. The Morgan fingerprint density at radius 2 is 1.53 bits per heavy atom. The SMILES string of the molecule is Cc1ncsc1-c1ccc([C@H](C)NC(=O)[C@@H]2C[C@@H](O)CN2C(=O)[C@@H](NC(=O)COCCOCCOCCOCCN(C)C(=O)CCNc2nc(C3CCN(C(=O)OC(C)(C)C)CC3)c3cc(Cl)c(-c4c(O)cccc4F)c(F)c3n2)C(C)(C)C)cc1. The van der Waals surface area contributed by atoms with E-state index in [9.17, 15) is 34.2 Å². The number of hydrogen-bond acceptors (Lipinski definition) is 17. The predicted octanol–water partition coefficient (Wildman–Crippen LogP) is 8.18. The van der Waals surface area contributed by atoms with E-state index in [4.69, 9.17) is 40.3 Å². The van der Waals surface area contributed by atoms with Crippen LogP contribution in [-0.4, -0.2) is 186 Å². The van der Waals surface area contributed by atoms with Crippen molar-refractivity contribution in [1.29, 1.82) is 0 Å². The van der Waals surface area contributed by atoms with Crippen LogP contribution in [0, 0.1) is 24.0 Å². The van der Waals surface area contributed by atoms with Crippen molar-refractivity contribution in [1.82, 2.24) is 40.3 Å². The molecule has 0 saturated carbocycles. The number of carbonyl (C=O) groups excluding carboxylic acids is 5. The number of phenolic OH excluding ortho intramolecular Hbond substituents is 1. The Kier molecular flexibility index (Phi) is 23.6. The highest BCUT2D eigenvalue weighted by atomic mass is 35.5.